The maximum atomic E-state index is 12.6. The Balaban J connectivity index is 1.76. The van der Waals surface area contributed by atoms with E-state index in [4.69, 9.17) is 9.47 Å². The third-order valence-corrected chi connectivity index (χ3v) is 4.48. The molecule has 1 amide bonds. The van der Waals surface area contributed by atoms with E-state index < -0.39 is 5.60 Å². The van der Waals surface area contributed by atoms with Crippen molar-refractivity contribution in [2.75, 3.05) is 7.11 Å². The predicted molar refractivity (Wildman–Crippen MR) is 99.0 cm³/mol. The topological polar surface area (TPSA) is 64.6 Å². The molecule has 0 aromatic heterocycles. The van der Waals surface area contributed by atoms with E-state index in [1.807, 2.05) is 45.0 Å². The van der Waals surface area contributed by atoms with Crippen LogP contribution in [0.3, 0.4) is 0 Å². The van der Waals surface area contributed by atoms with Crippen LogP contribution in [0.25, 0.3) is 0 Å². The second kappa shape index (κ2) is 6.83. The van der Waals surface area contributed by atoms with Crippen LogP contribution in [-0.2, 0) is 0 Å². The molecular formula is C21H23NO4. The molecule has 5 nitrogen and oxygen atoms in total. The van der Waals surface area contributed by atoms with E-state index in [1.165, 1.54) is 0 Å². The van der Waals surface area contributed by atoms with Crippen molar-refractivity contribution in [2.45, 2.75) is 38.8 Å². The number of carbonyl (C=O) groups is 2. The first kappa shape index (κ1) is 18.0. The molecule has 0 aliphatic carbocycles. The fraction of sp³-hybridized carbons (Fsp3) is 0.333. The van der Waals surface area contributed by atoms with Crippen LogP contribution in [0.5, 0.6) is 11.5 Å². The average Bonchev–Trinajstić information content (AvgIpc) is 2.60. The lowest BCUT2D eigenvalue weighted by Crippen LogP contribution is -2.36. The molecule has 0 spiro atoms. The van der Waals surface area contributed by atoms with Crippen LogP contribution in [0.1, 0.15) is 59.5 Å². The van der Waals surface area contributed by atoms with Crippen molar-refractivity contribution in [3.63, 3.8) is 0 Å². The van der Waals surface area contributed by atoms with Crippen molar-refractivity contribution in [1.29, 1.82) is 0 Å². The zero-order valence-electron chi connectivity index (χ0n) is 15.5. The molecular weight excluding hydrogens is 330 g/mol. The van der Waals surface area contributed by atoms with Crippen molar-refractivity contribution < 1.29 is 19.1 Å². The highest BCUT2D eigenvalue weighted by molar-refractivity contribution is 6.03. The number of methoxy groups -OCH3 is 1. The molecule has 0 bridgehead atoms. The van der Waals surface area contributed by atoms with Gasteiger partial charge in [-0.25, -0.2) is 0 Å². The molecule has 2 aromatic carbocycles. The van der Waals surface area contributed by atoms with Gasteiger partial charge in [0.05, 0.1) is 25.1 Å². The number of Topliss-reactive ketones (excluding diaryl/α,β-unsaturated/α-hetero) is 1. The van der Waals surface area contributed by atoms with E-state index in [-0.39, 0.29) is 17.7 Å². The zero-order valence-corrected chi connectivity index (χ0v) is 15.5. The average molecular weight is 353 g/mol. The van der Waals surface area contributed by atoms with Crippen LogP contribution in [0.2, 0.25) is 0 Å². The lowest BCUT2D eigenvalue weighted by molar-refractivity contribution is 0.0620. The highest BCUT2D eigenvalue weighted by atomic mass is 16.5. The highest BCUT2D eigenvalue weighted by Crippen LogP contribution is 2.33. The Labute approximate surface area is 153 Å². The Morgan fingerprint density at radius 2 is 1.88 bits per heavy atom. The predicted octanol–water partition coefficient (Wildman–Crippen LogP) is 3.93. The van der Waals surface area contributed by atoms with Gasteiger partial charge in [-0.05, 0) is 56.7 Å². The molecule has 0 fully saturated rings. The molecule has 1 heterocycles. The second-order valence-corrected chi connectivity index (χ2v) is 7.14. The van der Waals surface area contributed by atoms with Crippen molar-refractivity contribution >= 4 is 11.7 Å². The quantitative estimate of drug-likeness (QED) is 0.904. The van der Waals surface area contributed by atoms with Crippen LogP contribution >= 0.6 is 0 Å². The van der Waals surface area contributed by atoms with Crippen LogP contribution in [0.4, 0.5) is 0 Å². The van der Waals surface area contributed by atoms with Crippen LogP contribution in [0, 0.1) is 0 Å². The minimum Gasteiger partial charge on any atom is -0.497 e. The zero-order chi connectivity index (χ0) is 18.9. The Kier molecular flexibility index (Phi) is 4.72. The van der Waals surface area contributed by atoms with Gasteiger partial charge in [0.15, 0.2) is 5.78 Å². The van der Waals surface area contributed by atoms with Crippen LogP contribution in [-0.4, -0.2) is 24.4 Å². The van der Waals surface area contributed by atoms with Gasteiger partial charge < -0.3 is 14.8 Å². The summed E-state index contributed by atoms with van der Waals surface area (Å²) in [6.45, 7) is 5.67. The normalized spacial score (nSPS) is 16.2. The molecule has 136 valence electrons. The van der Waals surface area contributed by atoms with E-state index in [9.17, 15) is 9.59 Å². The first-order valence-electron chi connectivity index (χ1n) is 8.60. The molecule has 1 atom stereocenters. The Morgan fingerprint density at radius 3 is 2.54 bits per heavy atom. The largest absolute Gasteiger partial charge is 0.497 e. The van der Waals surface area contributed by atoms with Crippen molar-refractivity contribution in [1.82, 2.24) is 5.32 Å². The lowest BCUT2D eigenvalue weighted by Gasteiger charge is -2.31. The maximum absolute atomic E-state index is 12.6. The fourth-order valence-corrected chi connectivity index (χ4v) is 3.05. The molecule has 1 N–H and O–H groups in total. The van der Waals surface area contributed by atoms with Crippen molar-refractivity contribution in [3.05, 3.63) is 59.2 Å². The number of fused-ring (bicyclic) bond motifs is 1. The summed E-state index contributed by atoms with van der Waals surface area (Å²) in [5.74, 6) is 1.07. The van der Waals surface area contributed by atoms with Crippen LogP contribution in [0.15, 0.2) is 42.5 Å². The smallest absolute Gasteiger partial charge is 0.251 e. The summed E-state index contributed by atoms with van der Waals surface area (Å²) < 4.78 is 11.0. The van der Waals surface area contributed by atoms with Gasteiger partial charge in [-0.2, -0.15) is 0 Å². The third-order valence-electron chi connectivity index (χ3n) is 4.48. The molecule has 0 saturated heterocycles. The first-order chi connectivity index (χ1) is 12.3. The summed E-state index contributed by atoms with van der Waals surface area (Å²) in [4.78, 5) is 24.9. The second-order valence-electron chi connectivity index (χ2n) is 7.14. The van der Waals surface area contributed by atoms with E-state index in [0.717, 1.165) is 11.3 Å². The Bertz CT molecular complexity index is 840. The maximum Gasteiger partial charge on any atom is 0.251 e. The first-order valence-corrected chi connectivity index (χ1v) is 8.60. The Morgan fingerprint density at radius 1 is 1.19 bits per heavy atom. The number of nitrogens with one attached hydrogen (secondary N) is 1. The van der Waals surface area contributed by atoms with Gasteiger partial charge in [-0.15, -0.1) is 0 Å². The standard InChI is InChI=1S/C21H23NO4/c1-13(14-5-8-16(25-4)9-6-14)22-20(24)15-7-10-19-17(11-15)18(23)12-21(2,3)26-19/h5-11,13H,12H2,1-4H3,(H,22,24). The molecule has 0 saturated carbocycles. The molecule has 3 rings (SSSR count). The number of benzene rings is 2. The number of hydrogen-bond donors (Lipinski definition) is 1. The lowest BCUT2D eigenvalue weighted by atomic mass is 9.92. The number of ether oxygens (including phenoxy) is 2. The fourth-order valence-electron chi connectivity index (χ4n) is 3.05. The molecule has 5 heteroatoms. The summed E-state index contributed by atoms with van der Waals surface area (Å²) in [6, 6.07) is 12.4. The third kappa shape index (κ3) is 3.72. The number of rotatable bonds is 4. The van der Waals surface area contributed by atoms with E-state index >= 15 is 0 Å². The minimum atomic E-state index is -0.517. The van der Waals surface area contributed by atoms with Gasteiger partial charge in [0.25, 0.3) is 5.91 Å². The summed E-state index contributed by atoms with van der Waals surface area (Å²) >= 11 is 0. The summed E-state index contributed by atoms with van der Waals surface area (Å²) in [5.41, 5.74) is 1.37. The SMILES string of the molecule is COc1ccc(C(C)NC(=O)c2ccc3c(c2)C(=O)CC(C)(C)O3)cc1. The van der Waals surface area contributed by atoms with Gasteiger partial charge in [0, 0.05) is 5.56 Å². The number of carbonyl (C=O) groups excluding carboxylic acids is 2. The molecule has 0 radical (unpaired) electrons. The number of amides is 1. The van der Waals surface area contributed by atoms with Crippen LogP contribution < -0.4 is 14.8 Å². The summed E-state index contributed by atoms with van der Waals surface area (Å²) in [5, 5.41) is 2.96. The van der Waals surface area contributed by atoms with Crippen molar-refractivity contribution in [3.8, 4) is 11.5 Å². The Hall–Kier alpha value is -2.82. The van der Waals surface area contributed by atoms with E-state index in [1.54, 1.807) is 25.3 Å². The monoisotopic (exact) mass is 353 g/mol. The molecule has 1 aliphatic rings. The van der Waals surface area contributed by atoms with E-state index in [0.29, 0.717) is 23.3 Å². The molecule has 1 unspecified atom stereocenters. The van der Waals surface area contributed by atoms with E-state index in [2.05, 4.69) is 5.32 Å². The minimum absolute atomic E-state index is 0.00546. The summed E-state index contributed by atoms with van der Waals surface area (Å²) in [7, 11) is 1.61. The van der Waals surface area contributed by atoms with Crippen molar-refractivity contribution in [2.24, 2.45) is 0 Å². The number of hydrogen-bond acceptors (Lipinski definition) is 4. The number of ketones is 1. The molecule has 26 heavy (non-hydrogen) atoms. The van der Waals surface area contributed by atoms with Gasteiger partial charge in [0.1, 0.15) is 17.1 Å². The van der Waals surface area contributed by atoms with Gasteiger partial charge in [-0.3, -0.25) is 9.59 Å². The summed E-state index contributed by atoms with van der Waals surface area (Å²) in [6.07, 6.45) is 0.299. The highest BCUT2D eigenvalue weighted by Gasteiger charge is 2.32. The van der Waals surface area contributed by atoms with Gasteiger partial charge in [0.2, 0.25) is 0 Å². The van der Waals surface area contributed by atoms with Gasteiger partial charge >= 0.3 is 0 Å². The van der Waals surface area contributed by atoms with Gasteiger partial charge in [-0.1, -0.05) is 12.1 Å². The molecule has 2 aromatic rings. The molecule has 1 aliphatic heterocycles.